The first-order valence-corrected chi connectivity index (χ1v) is 8.45. The molecule has 144 valence electrons. The van der Waals surface area contributed by atoms with E-state index in [1.807, 2.05) is 13.8 Å². The smallest absolute Gasteiger partial charge is 0.328 e. The third-order valence-corrected chi connectivity index (χ3v) is 3.56. The van der Waals surface area contributed by atoms with Gasteiger partial charge in [-0.25, -0.2) is 4.79 Å². The first-order chi connectivity index (χ1) is 11.5. The van der Waals surface area contributed by atoms with Crippen LogP contribution in [-0.4, -0.2) is 48.9 Å². The minimum absolute atomic E-state index is 0.138. The number of methoxy groups -OCH3 is 1. The molecule has 0 aliphatic heterocycles. The van der Waals surface area contributed by atoms with Crippen LogP contribution in [0.15, 0.2) is 0 Å². The van der Waals surface area contributed by atoms with Gasteiger partial charge in [-0.2, -0.15) is 0 Å². The van der Waals surface area contributed by atoms with Gasteiger partial charge in [-0.15, -0.1) is 0 Å². The van der Waals surface area contributed by atoms with Gasteiger partial charge in [0.1, 0.15) is 18.1 Å². The average molecular weight is 357 g/mol. The standard InChI is InChI=1S/C17H31N3O5/c1-9(2)8-13(15(22)18-11(5)17(24)25-7)20-16(23)14(10(3)4)19-12(6)21/h9-11,13-14H,8H2,1-7H3,(H,18,22)(H,19,21)(H,20,23)/t11-,13-,14-/m0/s1. The highest BCUT2D eigenvalue weighted by atomic mass is 16.5. The lowest BCUT2D eigenvalue weighted by Crippen LogP contribution is -2.56. The van der Waals surface area contributed by atoms with E-state index in [1.54, 1.807) is 13.8 Å². The first kappa shape index (κ1) is 22.9. The van der Waals surface area contributed by atoms with Crippen molar-refractivity contribution in [1.82, 2.24) is 16.0 Å². The highest BCUT2D eigenvalue weighted by Gasteiger charge is 2.29. The second-order valence-corrected chi connectivity index (χ2v) is 6.87. The third kappa shape index (κ3) is 8.51. The van der Waals surface area contributed by atoms with Crippen LogP contribution in [0.1, 0.15) is 48.0 Å². The fourth-order valence-electron chi connectivity index (χ4n) is 2.27. The molecule has 3 amide bonds. The molecule has 0 aromatic carbocycles. The Hall–Kier alpha value is -2.12. The Bertz CT molecular complexity index is 491. The van der Waals surface area contributed by atoms with Crippen molar-refractivity contribution < 1.29 is 23.9 Å². The van der Waals surface area contributed by atoms with Gasteiger partial charge in [0.15, 0.2) is 0 Å². The number of esters is 1. The van der Waals surface area contributed by atoms with Gasteiger partial charge in [0, 0.05) is 6.92 Å². The van der Waals surface area contributed by atoms with E-state index in [-0.39, 0.29) is 17.7 Å². The minimum atomic E-state index is -0.819. The molecule has 0 bridgehead atoms. The van der Waals surface area contributed by atoms with Crippen molar-refractivity contribution in [3.05, 3.63) is 0 Å². The van der Waals surface area contributed by atoms with Crippen LogP contribution >= 0.6 is 0 Å². The molecule has 8 nitrogen and oxygen atoms in total. The molecular formula is C17H31N3O5. The summed E-state index contributed by atoms with van der Waals surface area (Å²) >= 11 is 0. The molecule has 25 heavy (non-hydrogen) atoms. The molecular weight excluding hydrogens is 326 g/mol. The quantitative estimate of drug-likeness (QED) is 0.516. The maximum absolute atomic E-state index is 12.5. The third-order valence-electron chi connectivity index (χ3n) is 3.56. The highest BCUT2D eigenvalue weighted by Crippen LogP contribution is 2.08. The number of carbonyl (C=O) groups is 4. The molecule has 0 rings (SSSR count). The van der Waals surface area contributed by atoms with Crippen molar-refractivity contribution in [3.8, 4) is 0 Å². The molecule has 3 N–H and O–H groups in total. The molecule has 0 saturated heterocycles. The number of rotatable bonds is 9. The molecule has 3 atom stereocenters. The number of nitrogens with one attached hydrogen (secondary N) is 3. The zero-order valence-corrected chi connectivity index (χ0v) is 16.1. The largest absolute Gasteiger partial charge is 0.467 e. The number of ether oxygens (including phenoxy) is 1. The fraction of sp³-hybridized carbons (Fsp3) is 0.765. The van der Waals surface area contributed by atoms with Crippen molar-refractivity contribution in [3.63, 3.8) is 0 Å². The van der Waals surface area contributed by atoms with Gasteiger partial charge in [0.25, 0.3) is 0 Å². The van der Waals surface area contributed by atoms with Gasteiger partial charge in [-0.1, -0.05) is 27.7 Å². The van der Waals surface area contributed by atoms with Crippen molar-refractivity contribution in [2.24, 2.45) is 11.8 Å². The number of hydrogen-bond acceptors (Lipinski definition) is 5. The normalized spacial score (nSPS) is 14.4. The zero-order valence-electron chi connectivity index (χ0n) is 16.1. The summed E-state index contributed by atoms with van der Waals surface area (Å²) < 4.78 is 4.58. The van der Waals surface area contributed by atoms with Gasteiger partial charge in [0.2, 0.25) is 17.7 Å². The zero-order chi connectivity index (χ0) is 19.7. The molecule has 0 saturated carbocycles. The van der Waals surface area contributed by atoms with Gasteiger partial charge >= 0.3 is 5.97 Å². The van der Waals surface area contributed by atoms with Crippen molar-refractivity contribution in [2.45, 2.75) is 66.1 Å². The number of amides is 3. The summed E-state index contributed by atoms with van der Waals surface area (Å²) in [5.74, 6) is -1.79. The van der Waals surface area contributed by atoms with Crippen LogP contribution in [0.5, 0.6) is 0 Å². The molecule has 0 aliphatic carbocycles. The Labute approximate surface area is 149 Å². The van der Waals surface area contributed by atoms with Crippen molar-refractivity contribution in [1.29, 1.82) is 0 Å². The fourth-order valence-corrected chi connectivity index (χ4v) is 2.27. The van der Waals surface area contributed by atoms with Crippen molar-refractivity contribution >= 4 is 23.7 Å². The summed E-state index contributed by atoms with van der Waals surface area (Å²) in [7, 11) is 1.24. The van der Waals surface area contributed by atoms with E-state index >= 15 is 0 Å². The predicted molar refractivity (Wildman–Crippen MR) is 93.4 cm³/mol. The topological polar surface area (TPSA) is 114 Å². The molecule has 8 heteroatoms. The second-order valence-electron chi connectivity index (χ2n) is 6.87. The van der Waals surface area contributed by atoms with Crippen LogP contribution in [-0.2, 0) is 23.9 Å². The van der Waals surface area contributed by atoms with Gasteiger partial charge in [0.05, 0.1) is 7.11 Å². The lowest BCUT2D eigenvalue weighted by Gasteiger charge is -2.26. The molecule has 0 aromatic heterocycles. The van der Waals surface area contributed by atoms with Gasteiger partial charge in [-0.05, 0) is 25.2 Å². The average Bonchev–Trinajstić information content (AvgIpc) is 2.49. The van der Waals surface area contributed by atoms with Gasteiger partial charge < -0.3 is 20.7 Å². The monoisotopic (exact) mass is 357 g/mol. The Morgan fingerprint density at radius 2 is 1.44 bits per heavy atom. The minimum Gasteiger partial charge on any atom is -0.467 e. The van der Waals surface area contributed by atoms with Crippen LogP contribution in [0, 0.1) is 11.8 Å². The lowest BCUT2D eigenvalue weighted by atomic mass is 9.99. The second kappa shape index (κ2) is 10.7. The van der Waals surface area contributed by atoms with Crippen LogP contribution in [0.3, 0.4) is 0 Å². The lowest BCUT2D eigenvalue weighted by molar-refractivity contribution is -0.145. The summed E-state index contributed by atoms with van der Waals surface area (Å²) in [6, 6.07) is -2.37. The maximum atomic E-state index is 12.5. The predicted octanol–water partition coefficient (Wildman–Crippen LogP) is 0.356. The summed E-state index contributed by atoms with van der Waals surface area (Å²) in [5.41, 5.74) is 0. The maximum Gasteiger partial charge on any atom is 0.328 e. The molecule has 0 aliphatic rings. The summed E-state index contributed by atoms with van der Waals surface area (Å²) in [4.78, 5) is 47.7. The first-order valence-electron chi connectivity index (χ1n) is 8.45. The summed E-state index contributed by atoms with van der Waals surface area (Å²) in [6.45, 7) is 10.3. The van der Waals surface area contributed by atoms with E-state index < -0.39 is 35.9 Å². The van der Waals surface area contributed by atoms with Crippen LogP contribution in [0.25, 0.3) is 0 Å². The molecule has 0 fully saturated rings. The van der Waals surface area contributed by atoms with Crippen LogP contribution in [0.2, 0.25) is 0 Å². The van der Waals surface area contributed by atoms with E-state index in [0.29, 0.717) is 6.42 Å². The van der Waals surface area contributed by atoms with E-state index in [0.717, 1.165) is 0 Å². The van der Waals surface area contributed by atoms with E-state index in [9.17, 15) is 19.2 Å². The molecule has 0 radical (unpaired) electrons. The van der Waals surface area contributed by atoms with Crippen LogP contribution in [0.4, 0.5) is 0 Å². The summed E-state index contributed by atoms with van der Waals surface area (Å²) in [6.07, 6.45) is 0.399. The number of carbonyl (C=O) groups excluding carboxylic acids is 4. The van der Waals surface area contributed by atoms with E-state index in [2.05, 4.69) is 20.7 Å². The van der Waals surface area contributed by atoms with E-state index in [1.165, 1.54) is 21.0 Å². The van der Waals surface area contributed by atoms with Gasteiger partial charge in [-0.3, -0.25) is 14.4 Å². The molecule has 0 aromatic rings. The Kier molecular flexibility index (Phi) is 9.78. The Morgan fingerprint density at radius 3 is 1.84 bits per heavy atom. The number of hydrogen-bond donors (Lipinski definition) is 3. The Morgan fingerprint density at radius 1 is 0.880 bits per heavy atom. The highest BCUT2D eigenvalue weighted by molar-refractivity contribution is 5.93. The summed E-state index contributed by atoms with van der Waals surface area (Å²) in [5, 5.41) is 7.80. The molecule has 0 unspecified atom stereocenters. The SMILES string of the molecule is COC(=O)[C@H](C)NC(=O)[C@H](CC(C)C)NC(=O)[C@@H](NC(C)=O)C(C)C. The Balaban J connectivity index is 5.13. The van der Waals surface area contributed by atoms with Crippen LogP contribution < -0.4 is 16.0 Å². The molecule has 0 heterocycles. The van der Waals surface area contributed by atoms with E-state index in [4.69, 9.17) is 0 Å². The molecule has 0 spiro atoms. The van der Waals surface area contributed by atoms with Crippen molar-refractivity contribution in [2.75, 3.05) is 7.11 Å².